The van der Waals surface area contributed by atoms with Gasteiger partial charge in [0.15, 0.2) is 5.11 Å². The second-order valence-corrected chi connectivity index (χ2v) is 4.32. The normalized spacial score (nSPS) is 18.4. The minimum atomic E-state index is 0.254. The number of methoxy groups -OCH3 is 1. The van der Waals surface area contributed by atoms with E-state index < -0.39 is 0 Å². The fraction of sp³-hybridized carbons (Fsp3) is 0.545. The van der Waals surface area contributed by atoms with Crippen LogP contribution in [0.1, 0.15) is 12.8 Å². The summed E-state index contributed by atoms with van der Waals surface area (Å²) >= 11 is 5.17. The lowest BCUT2D eigenvalue weighted by Crippen LogP contribution is -2.35. The van der Waals surface area contributed by atoms with Crippen molar-refractivity contribution in [2.45, 2.75) is 18.9 Å². The molecule has 1 aliphatic rings. The van der Waals surface area contributed by atoms with E-state index in [2.05, 4.69) is 20.6 Å². The summed E-state index contributed by atoms with van der Waals surface area (Å²) in [5.74, 6) is 1.10. The molecule has 1 aromatic rings. The van der Waals surface area contributed by atoms with Crippen LogP contribution in [0.5, 0.6) is 5.88 Å². The van der Waals surface area contributed by atoms with E-state index in [0.29, 0.717) is 23.4 Å². The van der Waals surface area contributed by atoms with Crippen molar-refractivity contribution in [1.29, 1.82) is 0 Å². The van der Waals surface area contributed by atoms with Crippen LogP contribution in [0.15, 0.2) is 12.4 Å². The van der Waals surface area contributed by atoms with Gasteiger partial charge in [-0.1, -0.05) is 0 Å². The SMILES string of the molecule is COc1cc(NC(=S)NCC2CCCO2)ncn1. The first-order valence-electron chi connectivity index (χ1n) is 5.80. The number of hydrogen-bond acceptors (Lipinski definition) is 5. The number of aromatic nitrogens is 2. The molecule has 1 aliphatic heterocycles. The molecule has 2 rings (SSSR count). The van der Waals surface area contributed by atoms with Crippen molar-refractivity contribution < 1.29 is 9.47 Å². The molecule has 0 aromatic carbocycles. The molecular formula is C11H16N4O2S. The minimum Gasteiger partial charge on any atom is -0.481 e. The number of anilines is 1. The number of hydrogen-bond donors (Lipinski definition) is 2. The topological polar surface area (TPSA) is 68.3 Å². The van der Waals surface area contributed by atoms with Crippen LogP contribution in [0.25, 0.3) is 0 Å². The average Bonchev–Trinajstić information content (AvgIpc) is 2.90. The van der Waals surface area contributed by atoms with Gasteiger partial charge < -0.3 is 20.1 Å². The van der Waals surface area contributed by atoms with E-state index in [4.69, 9.17) is 21.7 Å². The fourth-order valence-corrected chi connectivity index (χ4v) is 1.88. The molecule has 1 aromatic heterocycles. The van der Waals surface area contributed by atoms with Crippen molar-refractivity contribution in [1.82, 2.24) is 15.3 Å². The Labute approximate surface area is 111 Å². The van der Waals surface area contributed by atoms with Gasteiger partial charge in [0, 0.05) is 19.2 Å². The maximum absolute atomic E-state index is 5.49. The second-order valence-electron chi connectivity index (χ2n) is 3.92. The molecule has 1 atom stereocenters. The number of thiocarbonyl (C=S) groups is 1. The van der Waals surface area contributed by atoms with Crippen LogP contribution in [0.2, 0.25) is 0 Å². The monoisotopic (exact) mass is 268 g/mol. The van der Waals surface area contributed by atoms with Crippen molar-refractivity contribution >= 4 is 23.1 Å². The molecule has 2 N–H and O–H groups in total. The molecule has 6 nitrogen and oxygen atoms in total. The lowest BCUT2D eigenvalue weighted by molar-refractivity contribution is 0.114. The van der Waals surface area contributed by atoms with Crippen LogP contribution >= 0.6 is 12.2 Å². The molecule has 18 heavy (non-hydrogen) atoms. The molecule has 7 heteroatoms. The first kappa shape index (κ1) is 13.0. The Balaban J connectivity index is 1.78. The third-order valence-electron chi connectivity index (χ3n) is 2.61. The van der Waals surface area contributed by atoms with Gasteiger partial charge in [0.05, 0.1) is 13.2 Å². The lowest BCUT2D eigenvalue weighted by atomic mass is 10.2. The van der Waals surface area contributed by atoms with Gasteiger partial charge in [-0.25, -0.2) is 9.97 Å². The van der Waals surface area contributed by atoms with E-state index >= 15 is 0 Å². The zero-order valence-electron chi connectivity index (χ0n) is 10.2. The van der Waals surface area contributed by atoms with E-state index in [0.717, 1.165) is 19.4 Å². The van der Waals surface area contributed by atoms with Crippen molar-refractivity contribution in [2.75, 3.05) is 25.6 Å². The third kappa shape index (κ3) is 3.78. The van der Waals surface area contributed by atoms with E-state index in [-0.39, 0.29) is 6.10 Å². The van der Waals surface area contributed by atoms with Crippen molar-refractivity contribution in [2.24, 2.45) is 0 Å². The van der Waals surface area contributed by atoms with E-state index in [1.54, 1.807) is 13.2 Å². The second kappa shape index (κ2) is 6.46. The highest BCUT2D eigenvalue weighted by atomic mass is 32.1. The van der Waals surface area contributed by atoms with Crippen LogP contribution in [-0.2, 0) is 4.74 Å². The Morgan fingerprint density at radius 1 is 1.61 bits per heavy atom. The van der Waals surface area contributed by atoms with Crippen LogP contribution in [0, 0.1) is 0 Å². The van der Waals surface area contributed by atoms with E-state index in [1.165, 1.54) is 6.33 Å². The van der Waals surface area contributed by atoms with Crippen molar-refractivity contribution in [3.8, 4) is 5.88 Å². The summed E-state index contributed by atoms with van der Waals surface area (Å²) in [6.45, 7) is 1.56. The van der Waals surface area contributed by atoms with Gasteiger partial charge in [0.1, 0.15) is 12.1 Å². The molecule has 2 heterocycles. The summed E-state index contributed by atoms with van der Waals surface area (Å²) in [7, 11) is 1.56. The van der Waals surface area contributed by atoms with Crippen LogP contribution < -0.4 is 15.4 Å². The summed E-state index contributed by atoms with van der Waals surface area (Å²) in [6.07, 6.45) is 3.88. The quantitative estimate of drug-likeness (QED) is 0.788. The highest BCUT2D eigenvalue weighted by molar-refractivity contribution is 7.80. The minimum absolute atomic E-state index is 0.254. The maximum Gasteiger partial charge on any atom is 0.218 e. The van der Waals surface area contributed by atoms with E-state index in [1.807, 2.05) is 0 Å². The molecule has 0 bridgehead atoms. The van der Waals surface area contributed by atoms with Gasteiger partial charge in [-0.15, -0.1) is 0 Å². The Hall–Kier alpha value is -1.47. The molecule has 98 valence electrons. The zero-order chi connectivity index (χ0) is 12.8. The standard InChI is InChI=1S/C11H16N4O2S/c1-16-10-5-9(13-7-14-10)15-11(18)12-6-8-3-2-4-17-8/h5,7-8H,2-4,6H2,1H3,(H2,12,13,14,15,18). The van der Waals surface area contributed by atoms with E-state index in [9.17, 15) is 0 Å². The molecule has 0 saturated carbocycles. The van der Waals surface area contributed by atoms with Gasteiger partial charge in [-0.3, -0.25) is 0 Å². The molecule has 0 radical (unpaired) electrons. The lowest BCUT2D eigenvalue weighted by Gasteiger charge is -2.13. The Morgan fingerprint density at radius 2 is 2.50 bits per heavy atom. The smallest absolute Gasteiger partial charge is 0.218 e. The maximum atomic E-state index is 5.49. The Bertz CT molecular complexity index is 410. The predicted molar refractivity (Wildman–Crippen MR) is 71.8 cm³/mol. The van der Waals surface area contributed by atoms with Crippen LogP contribution in [0.3, 0.4) is 0 Å². The van der Waals surface area contributed by atoms with Gasteiger partial charge in [0.2, 0.25) is 5.88 Å². The summed E-state index contributed by atoms with van der Waals surface area (Å²) in [5, 5.41) is 6.60. The first-order valence-corrected chi connectivity index (χ1v) is 6.21. The number of nitrogens with zero attached hydrogens (tertiary/aromatic N) is 2. The molecule has 0 amide bonds. The highest BCUT2D eigenvalue weighted by Gasteiger charge is 2.15. The van der Waals surface area contributed by atoms with Crippen LogP contribution in [-0.4, -0.2) is 41.4 Å². The van der Waals surface area contributed by atoms with Crippen LogP contribution in [0.4, 0.5) is 5.82 Å². The summed E-state index contributed by atoms with van der Waals surface area (Å²) < 4.78 is 10.5. The number of rotatable bonds is 4. The van der Waals surface area contributed by atoms with Gasteiger partial charge in [-0.05, 0) is 25.1 Å². The summed E-state index contributed by atoms with van der Waals surface area (Å²) in [5.41, 5.74) is 0. The van der Waals surface area contributed by atoms with Gasteiger partial charge in [0.25, 0.3) is 0 Å². The molecule has 1 saturated heterocycles. The zero-order valence-corrected chi connectivity index (χ0v) is 11.0. The van der Waals surface area contributed by atoms with Crippen molar-refractivity contribution in [3.05, 3.63) is 12.4 Å². The molecule has 0 aliphatic carbocycles. The molecule has 0 spiro atoms. The van der Waals surface area contributed by atoms with Gasteiger partial charge in [-0.2, -0.15) is 0 Å². The first-order chi connectivity index (χ1) is 8.78. The average molecular weight is 268 g/mol. The summed E-state index contributed by atoms with van der Waals surface area (Å²) in [6, 6.07) is 1.68. The Morgan fingerprint density at radius 3 is 3.22 bits per heavy atom. The largest absolute Gasteiger partial charge is 0.481 e. The predicted octanol–water partition coefficient (Wildman–Crippen LogP) is 0.951. The van der Waals surface area contributed by atoms with Crippen molar-refractivity contribution in [3.63, 3.8) is 0 Å². The fourth-order valence-electron chi connectivity index (χ4n) is 1.69. The molecular weight excluding hydrogens is 252 g/mol. The number of ether oxygens (including phenoxy) is 2. The summed E-state index contributed by atoms with van der Waals surface area (Å²) in [4.78, 5) is 7.96. The third-order valence-corrected chi connectivity index (χ3v) is 2.85. The molecule has 1 unspecified atom stereocenters. The molecule has 1 fully saturated rings. The Kier molecular flexibility index (Phi) is 4.66. The number of nitrogens with one attached hydrogen (secondary N) is 2. The van der Waals surface area contributed by atoms with Gasteiger partial charge >= 0.3 is 0 Å². The highest BCUT2D eigenvalue weighted by Crippen LogP contribution is 2.11.